The molecule has 1 amide bonds. The average Bonchev–Trinajstić information content (AvgIpc) is 1.98. The fraction of sp³-hybridized carbons (Fsp3) is 0.923. The van der Waals surface area contributed by atoms with Gasteiger partial charge in [-0.2, -0.15) is 0 Å². The van der Waals surface area contributed by atoms with Crippen LogP contribution >= 0.6 is 0 Å². The van der Waals surface area contributed by atoms with Crippen LogP contribution in [0.5, 0.6) is 0 Å². The van der Waals surface area contributed by atoms with Gasteiger partial charge in [0, 0.05) is 19.5 Å². The second-order valence-electron chi connectivity index (χ2n) is 6.48. The Balaban J connectivity index is 2.52. The smallest absolute Gasteiger partial charge is 0.223 e. The van der Waals surface area contributed by atoms with E-state index in [9.17, 15) is 4.79 Å². The van der Waals surface area contributed by atoms with E-state index in [1.54, 1.807) is 0 Å². The Labute approximate surface area is 94.0 Å². The predicted octanol–water partition coefficient (Wildman–Crippen LogP) is 2.93. The lowest BCUT2D eigenvalue weighted by molar-refractivity contribution is -0.135. The lowest BCUT2D eigenvalue weighted by Crippen LogP contribution is -2.43. The van der Waals surface area contributed by atoms with Crippen LogP contribution in [-0.4, -0.2) is 23.9 Å². The van der Waals surface area contributed by atoms with Crippen LogP contribution in [0, 0.1) is 17.3 Å². The highest BCUT2D eigenvalue weighted by atomic mass is 16.2. The van der Waals surface area contributed by atoms with Gasteiger partial charge >= 0.3 is 0 Å². The number of piperidine rings is 1. The Hall–Kier alpha value is -0.530. The van der Waals surface area contributed by atoms with Crippen LogP contribution in [0.3, 0.4) is 0 Å². The van der Waals surface area contributed by atoms with E-state index in [-0.39, 0.29) is 5.41 Å². The van der Waals surface area contributed by atoms with Crippen molar-refractivity contribution in [3.05, 3.63) is 0 Å². The highest BCUT2D eigenvalue weighted by Gasteiger charge is 2.27. The number of amides is 1. The summed E-state index contributed by atoms with van der Waals surface area (Å²) in [6.07, 6.45) is 1.94. The van der Waals surface area contributed by atoms with E-state index in [0.717, 1.165) is 13.1 Å². The van der Waals surface area contributed by atoms with Crippen LogP contribution in [0.15, 0.2) is 0 Å². The first-order chi connectivity index (χ1) is 6.78. The van der Waals surface area contributed by atoms with Gasteiger partial charge < -0.3 is 4.90 Å². The van der Waals surface area contributed by atoms with Gasteiger partial charge in [-0.25, -0.2) is 0 Å². The lowest BCUT2D eigenvalue weighted by Gasteiger charge is -2.36. The van der Waals surface area contributed by atoms with E-state index in [1.165, 1.54) is 6.42 Å². The first-order valence-corrected chi connectivity index (χ1v) is 6.05. The molecule has 0 aliphatic carbocycles. The summed E-state index contributed by atoms with van der Waals surface area (Å²) >= 11 is 0. The van der Waals surface area contributed by atoms with E-state index in [4.69, 9.17) is 0 Å². The number of nitrogens with zero attached hydrogens (tertiary/aromatic N) is 1. The lowest BCUT2D eigenvalue weighted by atomic mass is 9.88. The van der Waals surface area contributed by atoms with Gasteiger partial charge in [-0.05, 0) is 23.7 Å². The van der Waals surface area contributed by atoms with Crippen LogP contribution < -0.4 is 0 Å². The highest BCUT2D eigenvalue weighted by Crippen LogP contribution is 2.25. The van der Waals surface area contributed by atoms with Crippen molar-refractivity contribution in [2.75, 3.05) is 13.1 Å². The van der Waals surface area contributed by atoms with Gasteiger partial charge in [-0.15, -0.1) is 0 Å². The Bertz CT molecular complexity index is 219. The van der Waals surface area contributed by atoms with Gasteiger partial charge in [0.05, 0.1) is 0 Å². The molecule has 88 valence electrons. The molecular formula is C13H25NO. The largest absolute Gasteiger partial charge is 0.342 e. The van der Waals surface area contributed by atoms with Crippen molar-refractivity contribution >= 4 is 5.91 Å². The highest BCUT2D eigenvalue weighted by molar-refractivity contribution is 5.76. The number of rotatable bonds is 1. The van der Waals surface area contributed by atoms with Crippen molar-refractivity contribution < 1.29 is 4.79 Å². The fourth-order valence-electron chi connectivity index (χ4n) is 2.43. The van der Waals surface area contributed by atoms with E-state index in [1.807, 2.05) is 0 Å². The van der Waals surface area contributed by atoms with Gasteiger partial charge in [-0.1, -0.05) is 34.6 Å². The third-order valence-electron chi connectivity index (χ3n) is 2.90. The maximum atomic E-state index is 12.0. The maximum absolute atomic E-state index is 12.0. The van der Waals surface area contributed by atoms with E-state index in [0.29, 0.717) is 24.2 Å². The maximum Gasteiger partial charge on any atom is 0.223 e. The van der Waals surface area contributed by atoms with Crippen molar-refractivity contribution in [2.24, 2.45) is 17.3 Å². The molecule has 0 bridgehead atoms. The summed E-state index contributed by atoms with van der Waals surface area (Å²) in [4.78, 5) is 14.1. The molecule has 0 aromatic heterocycles. The van der Waals surface area contributed by atoms with Crippen LogP contribution in [-0.2, 0) is 4.79 Å². The van der Waals surface area contributed by atoms with Gasteiger partial charge in [-0.3, -0.25) is 4.79 Å². The molecule has 1 aliphatic rings. The summed E-state index contributed by atoms with van der Waals surface area (Å²) in [6.45, 7) is 12.8. The summed E-state index contributed by atoms with van der Waals surface area (Å²) in [5.41, 5.74) is 0.112. The minimum atomic E-state index is 0.112. The molecule has 0 N–H and O–H groups in total. The van der Waals surface area contributed by atoms with E-state index in [2.05, 4.69) is 39.5 Å². The van der Waals surface area contributed by atoms with Crippen molar-refractivity contribution in [1.82, 2.24) is 4.90 Å². The van der Waals surface area contributed by atoms with Crippen molar-refractivity contribution in [1.29, 1.82) is 0 Å². The van der Waals surface area contributed by atoms with Gasteiger partial charge in [0.25, 0.3) is 0 Å². The summed E-state index contributed by atoms with van der Waals surface area (Å²) in [5, 5.41) is 0. The molecule has 0 radical (unpaired) electrons. The summed E-state index contributed by atoms with van der Waals surface area (Å²) in [5.74, 6) is 1.66. The number of hydrogen-bond donors (Lipinski definition) is 0. The summed E-state index contributed by atoms with van der Waals surface area (Å²) in [7, 11) is 0. The average molecular weight is 211 g/mol. The zero-order chi connectivity index (χ0) is 11.6. The van der Waals surface area contributed by atoms with E-state index >= 15 is 0 Å². The van der Waals surface area contributed by atoms with Crippen molar-refractivity contribution in [3.8, 4) is 0 Å². The van der Waals surface area contributed by atoms with Gasteiger partial charge in [0.2, 0.25) is 5.91 Å². The SMILES string of the molecule is C[C@H]1C[C@H](C)CN(C(=O)CC(C)(C)C)C1. The monoisotopic (exact) mass is 211 g/mol. The molecule has 0 unspecified atom stereocenters. The topological polar surface area (TPSA) is 20.3 Å². The zero-order valence-electron chi connectivity index (χ0n) is 10.8. The van der Waals surface area contributed by atoms with Crippen LogP contribution in [0.1, 0.15) is 47.5 Å². The van der Waals surface area contributed by atoms with E-state index < -0.39 is 0 Å². The second-order valence-corrected chi connectivity index (χ2v) is 6.48. The molecule has 1 aliphatic heterocycles. The Morgan fingerprint density at radius 3 is 2.07 bits per heavy atom. The fourth-order valence-corrected chi connectivity index (χ4v) is 2.43. The normalized spacial score (nSPS) is 27.9. The van der Waals surface area contributed by atoms with Crippen LogP contribution in [0.4, 0.5) is 0 Å². The van der Waals surface area contributed by atoms with Crippen LogP contribution in [0.25, 0.3) is 0 Å². The predicted molar refractivity (Wildman–Crippen MR) is 63.6 cm³/mol. The first-order valence-electron chi connectivity index (χ1n) is 6.05. The molecule has 15 heavy (non-hydrogen) atoms. The quantitative estimate of drug-likeness (QED) is 0.653. The molecule has 0 aromatic carbocycles. The molecule has 0 saturated carbocycles. The zero-order valence-corrected chi connectivity index (χ0v) is 10.8. The molecule has 1 fully saturated rings. The summed E-state index contributed by atoms with van der Waals surface area (Å²) in [6, 6.07) is 0. The molecule has 0 aromatic rings. The van der Waals surface area contributed by atoms with Crippen molar-refractivity contribution in [3.63, 3.8) is 0 Å². The van der Waals surface area contributed by atoms with Crippen molar-refractivity contribution in [2.45, 2.75) is 47.5 Å². The van der Waals surface area contributed by atoms with Crippen LogP contribution in [0.2, 0.25) is 0 Å². The number of hydrogen-bond acceptors (Lipinski definition) is 1. The number of likely N-dealkylation sites (tertiary alicyclic amines) is 1. The molecular weight excluding hydrogens is 186 g/mol. The molecule has 0 spiro atoms. The number of carbonyl (C=O) groups is 1. The Morgan fingerprint density at radius 2 is 1.67 bits per heavy atom. The Morgan fingerprint density at radius 1 is 1.20 bits per heavy atom. The van der Waals surface area contributed by atoms with Gasteiger partial charge in [0.1, 0.15) is 0 Å². The minimum absolute atomic E-state index is 0.112. The third-order valence-corrected chi connectivity index (χ3v) is 2.90. The molecule has 1 rings (SSSR count). The van der Waals surface area contributed by atoms with Gasteiger partial charge in [0.15, 0.2) is 0 Å². The molecule has 1 heterocycles. The third kappa shape index (κ3) is 4.23. The Kier molecular flexibility index (Phi) is 3.80. The molecule has 1 saturated heterocycles. The first kappa shape index (κ1) is 12.5. The molecule has 2 atom stereocenters. The number of carbonyl (C=O) groups excluding carboxylic acids is 1. The molecule has 2 heteroatoms. The second kappa shape index (κ2) is 4.54. The standard InChI is InChI=1S/C13H25NO/c1-10-6-11(2)9-14(8-10)12(15)7-13(3,4)5/h10-11H,6-9H2,1-5H3/t10-,11-/m0/s1. The molecule has 2 nitrogen and oxygen atoms in total. The minimum Gasteiger partial charge on any atom is -0.342 e. The summed E-state index contributed by atoms with van der Waals surface area (Å²) < 4.78 is 0.